The van der Waals surface area contributed by atoms with Crippen LogP contribution < -0.4 is 10.6 Å². The molecule has 5 rings (SSSR count). The van der Waals surface area contributed by atoms with Crippen LogP contribution in [0.5, 0.6) is 0 Å². The maximum atomic E-state index is 12.6. The molecule has 1 amide bonds. The molecule has 1 atom stereocenters. The van der Waals surface area contributed by atoms with Crippen LogP contribution in [-0.2, 0) is 11.2 Å². The molecule has 6 nitrogen and oxygen atoms in total. The summed E-state index contributed by atoms with van der Waals surface area (Å²) in [5.41, 5.74) is 6.47. The molecular formula is C26H23N3O3. The molecule has 160 valence electrons. The fourth-order valence-corrected chi connectivity index (χ4v) is 4.30. The van der Waals surface area contributed by atoms with Gasteiger partial charge in [-0.25, -0.2) is 4.79 Å². The van der Waals surface area contributed by atoms with Gasteiger partial charge in [0.05, 0.1) is 18.7 Å². The van der Waals surface area contributed by atoms with Crippen molar-refractivity contribution in [1.29, 1.82) is 0 Å². The molecule has 0 bridgehead atoms. The van der Waals surface area contributed by atoms with Gasteiger partial charge in [0.25, 0.3) is 5.91 Å². The molecule has 6 heteroatoms. The normalized spacial score (nSPS) is 15.2. The molecule has 1 aliphatic heterocycles. The number of amides is 1. The molecule has 0 spiro atoms. The molecule has 32 heavy (non-hydrogen) atoms. The number of esters is 1. The maximum Gasteiger partial charge on any atom is 0.337 e. The number of hydrogen-bond acceptors (Lipinski definition) is 4. The molecule has 1 aromatic heterocycles. The molecular weight excluding hydrogens is 402 g/mol. The Labute approximate surface area is 185 Å². The first-order valence-electron chi connectivity index (χ1n) is 10.6. The summed E-state index contributed by atoms with van der Waals surface area (Å²) in [5, 5.41) is 7.80. The average molecular weight is 425 g/mol. The number of para-hydroxylation sites is 1. The number of rotatable bonds is 4. The first-order valence-corrected chi connectivity index (χ1v) is 10.6. The van der Waals surface area contributed by atoms with E-state index in [0.29, 0.717) is 16.8 Å². The second-order valence-corrected chi connectivity index (χ2v) is 7.85. The van der Waals surface area contributed by atoms with Gasteiger partial charge in [-0.05, 0) is 60.0 Å². The zero-order chi connectivity index (χ0) is 22.1. The van der Waals surface area contributed by atoms with Crippen molar-refractivity contribution in [2.24, 2.45) is 0 Å². The van der Waals surface area contributed by atoms with Crippen LogP contribution in [-0.4, -0.2) is 30.5 Å². The summed E-state index contributed by atoms with van der Waals surface area (Å²) < 4.78 is 4.69. The Morgan fingerprint density at radius 1 is 0.938 bits per heavy atom. The van der Waals surface area contributed by atoms with Gasteiger partial charge in [0.2, 0.25) is 0 Å². The van der Waals surface area contributed by atoms with Crippen molar-refractivity contribution in [3.05, 3.63) is 101 Å². The molecule has 3 N–H and O–H groups in total. The third-order valence-corrected chi connectivity index (χ3v) is 5.93. The largest absolute Gasteiger partial charge is 0.465 e. The summed E-state index contributed by atoms with van der Waals surface area (Å²) in [6.07, 6.45) is 0.999. The predicted molar refractivity (Wildman–Crippen MR) is 124 cm³/mol. The molecule has 0 saturated carbocycles. The average Bonchev–Trinajstić information content (AvgIpc) is 3.23. The van der Waals surface area contributed by atoms with Crippen molar-refractivity contribution < 1.29 is 14.3 Å². The van der Waals surface area contributed by atoms with Gasteiger partial charge < -0.3 is 20.4 Å². The Bertz CT molecular complexity index is 1290. The number of hydrogen-bond donors (Lipinski definition) is 3. The number of ether oxygens (including phenoxy) is 1. The van der Waals surface area contributed by atoms with Crippen LogP contribution in [0, 0.1) is 0 Å². The maximum absolute atomic E-state index is 12.6. The van der Waals surface area contributed by atoms with E-state index in [1.807, 2.05) is 30.3 Å². The molecule has 3 aromatic carbocycles. The number of carbonyl (C=O) groups excluding carboxylic acids is 2. The Morgan fingerprint density at radius 3 is 2.41 bits per heavy atom. The fourth-order valence-electron chi connectivity index (χ4n) is 4.30. The smallest absolute Gasteiger partial charge is 0.337 e. The highest BCUT2D eigenvalue weighted by Gasteiger charge is 2.25. The fraction of sp³-hybridized carbons (Fsp3) is 0.154. The van der Waals surface area contributed by atoms with E-state index < -0.39 is 5.97 Å². The Balaban J connectivity index is 1.33. The van der Waals surface area contributed by atoms with Crippen molar-refractivity contribution in [2.45, 2.75) is 12.5 Å². The monoisotopic (exact) mass is 425 g/mol. The molecule has 0 radical (unpaired) electrons. The summed E-state index contributed by atoms with van der Waals surface area (Å²) in [5.74, 6) is -0.662. The highest BCUT2D eigenvalue weighted by Crippen LogP contribution is 2.33. The van der Waals surface area contributed by atoms with Crippen molar-refractivity contribution in [3.63, 3.8) is 0 Å². The third kappa shape index (κ3) is 3.65. The number of benzene rings is 3. The van der Waals surface area contributed by atoms with Crippen LogP contribution in [0.15, 0.2) is 72.8 Å². The lowest BCUT2D eigenvalue weighted by Crippen LogP contribution is -2.30. The van der Waals surface area contributed by atoms with E-state index in [1.165, 1.54) is 23.8 Å². The standard InChI is InChI=1S/C26H23N3O3/c1-32-26(31)18-8-6-17(7-9-18)25(30)28-19-12-10-16(11-13-19)23-24-21(14-15-27-23)20-4-2-3-5-22(20)29-24/h2-13,23,27,29H,14-15H2,1H3,(H,28,30). The Hall–Kier alpha value is -3.90. The van der Waals surface area contributed by atoms with Crippen LogP contribution in [0.2, 0.25) is 0 Å². The van der Waals surface area contributed by atoms with Crippen LogP contribution >= 0.6 is 0 Å². The minimum Gasteiger partial charge on any atom is -0.465 e. The van der Waals surface area contributed by atoms with Crippen molar-refractivity contribution in [3.8, 4) is 0 Å². The summed E-state index contributed by atoms with van der Waals surface area (Å²) in [7, 11) is 1.33. The second-order valence-electron chi connectivity index (χ2n) is 7.85. The van der Waals surface area contributed by atoms with Gasteiger partial charge in [0.1, 0.15) is 0 Å². The molecule has 1 aliphatic rings. The van der Waals surface area contributed by atoms with Gasteiger partial charge in [-0.3, -0.25) is 4.79 Å². The molecule has 2 heterocycles. The van der Waals surface area contributed by atoms with Crippen LogP contribution in [0.1, 0.15) is 43.6 Å². The lowest BCUT2D eigenvalue weighted by molar-refractivity contribution is 0.0600. The topological polar surface area (TPSA) is 83.2 Å². The number of aromatic nitrogens is 1. The quantitative estimate of drug-likeness (QED) is 0.422. The van der Waals surface area contributed by atoms with Gasteiger partial charge >= 0.3 is 5.97 Å². The number of H-pyrrole nitrogens is 1. The minimum absolute atomic E-state index is 0.0850. The molecule has 0 saturated heterocycles. The highest BCUT2D eigenvalue weighted by molar-refractivity contribution is 6.04. The number of nitrogens with one attached hydrogen (secondary N) is 3. The number of carbonyl (C=O) groups is 2. The van der Waals surface area contributed by atoms with E-state index in [-0.39, 0.29) is 11.9 Å². The lowest BCUT2D eigenvalue weighted by Gasteiger charge is -2.25. The van der Waals surface area contributed by atoms with E-state index >= 15 is 0 Å². The number of anilines is 1. The zero-order valence-electron chi connectivity index (χ0n) is 17.6. The summed E-state index contributed by atoms with van der Waals surface area (Å²) >= 11 is 0. The number of aromatic amines is 1. The molecule has 1 unspecified atom stereocenters. The van der Waals surface area contributed by atoms with Gasteiger partial charge in [0.15, 0.2) is 0 Å². The predicted octanol–water partition coefficient (Wildman–Crippen LogP) is 4.44. The number of methoxy groups -OCH3 is 1. The van der Waals surface area contributed by atoms with E-state index in [4.69, 9.17) is 0 Å². The van der Waals surface area contributed by atoms with E-state index in [9.17, 15) is 9.59 Å². The Kier molecular flexibility index (Phi) is 5.21. The summed E-state index contributed by atoms with van der Waals surface area (Å²) in [6, 6.07) is 22.8. The van der Waals surface area contributed by atoms with Gasteiger partial charge in [-0.1, -0.05) is 30.3 Å². The van der Waals surface area contributed by atoms with Gasteiger partial charge in [0, 0.05) is 34.4 Å². The van der Waals surface area contributed by atoms with E-state index in [1.54, 1.807) is 24.3 Å². The second kappa shape index (κ2) is 8.32. The lowest BCUT2D eigenvalue weighted by atomic mass is 9.94. The first kappa shape index (κ1) is 20.0. The van der Waals surface area contributed by atoms with Crippen LogP contribution in [0.25, 0.3) is 10.9 Å². The van der Waals surface area contributed by atoms with Crippen molar-refractivity contribution >= 4 is 28.5 Å². The molecule has 0 fully saturated rings. The third-order valence-electron chi connectivity index (χ3n) is 5.93. The Morgan fingerprint density at radius 2 is 1.66 bits per heavy atom. The van der Waals surface area contributed by atoms with E-state index in [2.05, 4.69) is 38.6 Å². The van der Waals surface area contributed by atoms with Crippen molar-refractivity contribution in [2.75, 3.05) is 19.0 Å². The first-order chi connectivity index (χ1) is 15.6. The van der Waals surface area contributed by atoms with Crippen LogP contribution in [0.3, 0.4) is 0 Å². The van der Waals surface area contributed by atoms with Crippen molar-refractivity contribution in [1.82, 2.24) is 10.3 Å². The summed E-state index contributed by atoms with van der Waals surface area (Å²) in [4.78, 5) is 27.7. The summed E-state index contributed by atoms with van der Waals surface area (Å²) in [6.45, 7) is 0.916. The van der Waals surface area contributed by atoms with E-state index in [0.717, 1.165) is 24.0 Å². The SMILES string of the molecule is COC(=O)c1ccc(C(=O)Nc2ccc(C3NCCc4c3[nH]c3ccccc43)cc2)cc1. The number of fused-ring (bicyclic) bond motifs is 3. The highest BCUT2D eigenvalue weighted by atomic mass is 16.5. The molecule has 4 aromatic rings. The minimum atomic E-state index is -0.429. The molecule has 0 aliphatic carbocycles. The zero-order valence-corrected chi connectivity index (χ0v) is 17.6. The van der Waals surface area contributed by atoms with Crippen LogP contribution in [0.4, 0.5) is 5.69 Å². The van der Waals surface area contributed by atoms with Gasteiger partial charge in [-0.2, -0.15) is 0 Å². The van der Waals surface area contributed by atoms with Gasteiger partial charge in [-0.15, -0.1) is 0 Å².